The number of nitrogens with zero attached hydrogens (tertiary/aromatic N) is 1. The van der Waals surface area contributed by atoms with Crippen molar-refractivity contribution in [2.75, 3.05) is 26.2 Å². The highest BCUT2D eigenvalue weighted by molar-refractivity contribution is 5.87. The van der Waals surface area contributed by atoms with Crippen molar-refractivity contribution in [2.45, 2.75) is 350 Å². The standard InChI is InChI=1S/2C16H31NO.2C15H29NO.C10H21NO/c1-15(2,3)14(18)13-9-7-12(8-10-13)11-17-16(4,5)6;1-15(2,3)14(18)11-12-7-9-13(10-8-12)17-16(4,5)6;1-14(2,3)13(17)11-12-7-9-16(10-8-12)15(4,5)6;1-14(2,3)13(17)11-7-9-12(10-8-11)16-15(4,5)6;1-9(2,3)8(12)7-11-10(4,5)6/h2*12-13,17H,7-11H2,1-6H3;12H,7-11H2,1-6H3;11-12,16H,7-10H2,1-6H3;11H,7H2,1-6H3. The molecule has 10 heteroatoms. The summed E-state index contributed by atoms with van der Waals surface area (Å²) in [5, 5.41) is 14.1. The van der Waals surface area contributed by atoms with Gasteiger partial charge in [0.1, 0.15) is 23.1 Å². The lowest BCUT2D eigenvalue weighted by atomic mass is 9.73. The highest BCUT2D eigenvalue weighted by Gasteiger charge is 2.36. The van der Waals surface area contributed by atoms with Crippen LogP contribution in [0.4, 0.5) is 0 Å². The van der Waals surface area contributed by atoms with E-state index in [0.29, 0.717) is 65.4 Å². The summed E-state index contributed by atoms with van der Waals surface area (Å²) in [7, 11) is 0. The lowest BCUT2D eigenvalue weighted by Crippen LogP contribution is -2.46. The maximum absolute atomic E-state index is 12.2. The fourth-order valence-electron chi connectivity index (χ4n) is 11.1. The van der Waals surface area contributed by atoms with Crippen LogP contribution in [0.15, 0.2) is 0 Å². The van der Waals surface area contributed by atoms with Crippen molar-refractivity contribution in [1.82, 2.24) is 26.2 Å². The van der Waals surface area contributed by atoms with E-state index in [0.717, 1.165) is 76.9 Å². The molecule has 3 aliphatic carbocycles. The number of rotatable bonds is 12. The van der Waals surface area contributed by atoms with Crippen LogP contribution >= 0.6 is 0 Å². The minimum Gasteiger partial charge on any atom is -0.312 e. The van der Waals surface area contributed by atoms with E-state index in [-0.39, 0.29) is 60.6 Å². The third kappa shape index (κ3) is 37.0. The maximum Gasteiger partial charge on any atom is 0.151 e. The van der Waals surface area contributed by atoms with Crippen molar-refractivity contribution in [1.29, 1.82) is 0 Å². The second kappa shape index (κ2) is 32.9. The van der Waals surface area contributed by atoms with Crippen LogP contribution in [0, 0.1) is 56.7 Å². The van der Waals surface area contributed by atoms with Crippen LogP contribution in [0.2, 0.25) is 0 Å². The molecule has 4 N–H and O–H groups in total. The molecule has 484 valence electrons. The Bertz CT molecular complexity index is 1870. The molecule has 0 amide bonds. The average molecular weight is 1160 g/mol. The zero-order valence-electron chi connectivity index (χ0n) is 60.2. The van der Waals surface area contributed by atoms with Gasteiger partial charge in [-0.3, -0.25) is 28.9 Å². The Labute approximate surface area is 509 Å². The summed E-state index contributed by atoms with van der Waals surface area (Å²) in [6.45, 7) is 67.0. The molecular weight excluding hydrogens is 1010 g/mol. The van der Waals surface area contributed by atoms with E-state index in [4.69, 9.17) is 0 Å². The van der Waals surface area contributed by atoms with Crippen molar-refractivity contribution in [3.8, 4) is 0 Å². The molecule has 0 bridgehead atoms. The third-order valence-electron chi connectivity index (χ3n) is 16.6. The van der Waals surface area contributed by atoms with Crippen molar-refractivity contribution < 1.29 is 24.0 Å². The molecular formula is C72H141N5O5. The first-order chi connectivity index (χ1) is 36.5. The Hall–Kier alpha value is -1.85. The van der Waals surface area contributed by atoms with Crippen molar-refractivity contribution in [2.24, 2.45) is 56.7 Å². The highest BCUT2D eigenvalue weighted by atomic mass is 16.1. The number of hydrogen-bond donors (Lipinski definition) is 4. The Morgan fingerprint density at radius 1 is 0.329 bits per heavy atom. The van der Waals surface area contributed by atoms with Gasteiger partial charge in [0.15, 0.2) is 5.78 Å². The van der Waals surface area contributed by atoms with Gasteiger partial charge in [0.2, 0.25) is 0 Å². The Morgan fingerprint density at radius 2 is 0.622 bits per heavy atom. The molecule has 0 aromatic rings. The van der Waals surface area contributed by atoms with Crippen LogP contribution in [-0.2, 0) is 24.0 Å². The second-order valence-electron chi connectivity index (χ2n) is 36.3. The van der Waals surface area contributed by atoms with E-state index in [1.54, 1.807) is 0 Å². The van der Waals surface area contributed by atoms with Crippen LogP contribution in [0.1, 0.15) is 310 Å². The average Bonchev–Trinajstić information content (AvgIpc) is 3.28. The van der Waals surface area contributed by atoms with E-state index < -0.39 is 0 Å². The first kappa shape index (κ1) is 80.2. The summed E-state index contributed by atoms with van der Waals surface area (Å²) in [6, 6.07) is 1.24. The van der Waals surface area contributed by atoms with Gasteiger partial charge in [-0.2, -0.15) is 0 Å². The molecule has 1 saturated heterocycles. The van der Waals surface area contributed by atoms with Crippen LogP contribution in [0.25, 0.3) is 0 Å². The van der Waals surface area contributed by atoms with Crippen molar-refractivity contribution >= 4 is 28.9 Å². The van der Waals surface area contributed by atoms with Crippen LogP contribution < -0.4 is 21.3 Å². The molecule has 0 radical (unpaired) electrons. The van der Waals surface area contributed by atoms with Gasteiger partial charge >= 0.3 is 0 Å². The van der Waals surface area contributed by atoms with E-state index in [1.165, 1.54) is 51.4 Å². The topological polar surface area (TPSA) is 137 Å². The van der Waals surface area contributed by atoms with Gasteiger partial charge in [0.25, 0.3) is 0 Å². The van der Waals surface area contributed by atoms with E-state index in [1.807, 2.05) is 104 Å². The number of carbonyl (C=O) groups is 5. The predicted molar refractivity (Wildman–Crippen MR) is 354 cm³/mol. The van der Waals surface area contributed by atoms with Crippen molar-refractivity contribution in [3.63, 3.8) is 0 Å². The number of nitrogens with one attached hydrogen (secondary N) is 4. The van der Waals surface area contributed by atoms with Gasteiger partial charge in [0, 0.05) is 91.5 Å². The third-order valence-corrected chi connectivity index (χ3v) is 16.6. The summed E-state index contributed by atoms with van der Waals surface area (Å²) < 4.78 is 0. The molecule has 1 heterocycles. The molecule has 0 spiro atoms. The monoisotopic (exact) mass is 1160 g/mol. The highest BCUT2D eigenvalue weighted by Crippen LogP contribution is 2.36. The first-order valence-electron chi connectivity index (χ1n) is 33.0. The van der Waals surface area contributed by atoms with E-state index in [9.17, 15) is 24.0 Å². The molecule has 1 aliphatic heterocycles. The first-order valence-corrected chi connectivity index (χ1v) is 33.0. The molecule has 0 atom stereocenters. The number of likely N-dealkylation sites (tertiary alicyclic amines) is 1. The summed E-state index contributed by atoms with van der Waals surface area (Å²) in [5.74, 6) is 4.63. The van der Waals surface area contributed by atoms with E-state index >= 15 is 0 Å². The van der Waals surface area contributed by atoms with Crippen LogP contribution in [0.3, 0.4) is 0 Å². The number of Topliss-reactive ketones (excluding diaryl/α,β-unsaturated/α-hetero) is 5. The summed E-state index contributed by atoms with van der Waals surface area (Å²) in [6.07, 6.45) is 17.8. The zero-order valence-corrected chi connectivity index (χ0v) is 60.2. The van der Waals surface area contributed by atoms with Gasteiger partial charge in [-0.25, -0.2) is 0 Å². The van der Waals surface area contributed by atoms with Crippen molar-refractivity contribution in [3.05, 3.63) is 0 Å². The summed E-state index contributed by atoms with van der Waals surface area (Å²) in [4.78, 5) is 62.4. The SMILES string of the molecule is CC(C)(C)C(=O)CC1CCN(C(C)(C)C)CC1.CC(C)(C)NC1CCC(C(=O)C(C)(C)C)CC1.CC(C)(C)NC1CCC(CC(=O)C(C)(C)C)CC1.CC(C)(C)NCC(=O)C(C)(C)C.CC(C)(C)NCC1CCC(C(=O)C(C)(C)C)CC1. The van der Waals surface area contributed by atoms with Gasteiger partial charge in [0.05, 0.1) is 6.54 Å². The maximum atomic E-state index is 12.2. The molecule has 10 nitrogen and oxygen atoms in total. The molecule has 4 rings (SSSR count). The minimum absolute atomic E-state index is 0.0287. The fraction of sp³-hybridized carbons (Fsp3) is 0.931. The Kier molecular flexibility index (Phi) is 32.2. The van der Waals surface area contributed by atoms with Gasteiger partial charge in [-0.1, -0.05) is 104 Å². The smallest absolute Gasteiger partial charge is 0.151 e. The minimum atomic E-state index is -0.224. The normalized spacial score (nSPS) is 23.2. The molecule has 4 aliphatic rings. The van der Waals surface area contributed by atoms with Crippen LogP contribution in [-0.4, -0.2) is 99.8 Å². The van der Waals surface area contributed by atoms with Crippen LogP contribution in [0.5, 0.6) is 0 Å². The summed E-state index contributed by atoms with van der Waals surface area (Å²) in [5.41, 5.74) is 0.0122. The van der Waals surface area contributed by atoms with Gasteiger partial charge in [-0.05, 0) is 231 Å². The number of piperidine rings is 1. The lowest BCUT2D eigenvalue weighted by Gasteiger charge is -2.41. The Balaban J connectivity index is 0.00000101. The second-order valence-corrected chi connectivity index (χ2v) is 36.3. The largest absolute Gasteiger partial charge is 0.312 e. The quantitative estimate of drug-likeness (QED) is 0.150. The molecule has 0 unspecified atom stereocenters. The molecule has 82 heavy (non-hydrogen) atoms. The number of hydrogen-bond acceptors (Lipinski definition) is 10. The van der Waals surface area contributed by atoms with Gasteiger partial charge < -0.3 is 21.3 Å². The van der Waals surface area contributed by atoms with E-state index in [2.05, 4.69) is 130 Å². The molecule has 3 saturated carbocycles. The molecule has 4 fully saturated rings. The number of carbonyl (C=O) groups excluding carboxylic acids is 5. The molecule has 0 aromatic carbocycles. The van der Waals surface area contributed by atoms with Gasteiger partial charge in [-0.15, -0.1) is 0 Å². The fourth-order valence-corrected chi connectivity index (χ4v) is 11.1. The lowest BCUT2D eigenvalue weighted by molar-refractivity contribution is -0.132. The Morgan fingerprint density at radius 3 is 0.902 bits per heavy atom. The zero-order chi connectivity index (χ0) is 64.5. The number of ketones is 5. The predicted octanol–water partition coefficient (Wildman–Crippen LogP) is 16.8. The molecule has 0 aromatic heterocycles. The summed E-state index contributed by atoms with van der Waals surface area (Å²) >= 11 is 0.